The number of carboxylic acid groups (broad SMARTS) is 1. The SMILES string of the molecule is CCC(NC(=O)c1cc(C2CC2)on1)C(=O)O. The number of nitrogens with one attached hydrogen (secondary N) is 1. The molecule has 2 rings (SSSR count). The van der Waals surface area contributed by atoms with Gasteiger partial charge in [-0.05, 0) is 19.3 Å². The van der Waals surface area contributed by atoms with Crippen molar-refractivity contribution < 1.29 is 19.2 Å². The molecule has 0 saturated heterocycles. The molecule has 1 aromatic rings. The van der Waals surface area contributed by atoms with Crippen LogP contribution in [0.3, 0.4) is 0 Å². The minimum Gasteiger partial charge on any atom is -0.480 e. The van der Waals surface area contributed by atoms with Gasteiger partial charge < -0.3 is 14.9 Å². The van der Waals surface area contributed by atoms with Crippen LogP contribution in [-0.4, -0.2) is 28.2 Å². The van der Waals surface area contributed by atoms with Gasteiger partial charge in [0, 0.05) is 12.0 Å². The third-order valence-electron chi connectivity index (χ3n) is 2.75. The van der Waals surface area contributed by atoms with E-state index in [0.29, 0.717) is 18.1 Å². The number of hydrogen-bond donors (Lipinski definition) is 2. The summed E-state index contributed by atoms with van der Waals surface area (Å²) in [4.78, 5) is 22.4. The van der Waals surface area contributed by atoms with Crippen molar-refractivity contribution in [1.29, 1.82) is 0 Å². The van der Waals surface area contributed by atoms with E-state index < -0.39 is 17.9 Å². The van der Waals surface area contributed by atoms with Crippen LogP contribution in [0, 0.1) is 0 Å². The first-order valence-corrected chi connectivity index (χ1v) is 5.62. The number of carboxylic acids is 1. The molecule has 0 spiro atoms. The zero-order chi connectivity index (χ0) is 12.4. The van der Waals surface area contributed by atoms with Crippen LogP contribution in [-0.2, 0) is 4.79 Å². The minimum absolute atomic E-state index is 0.145. The molecule has 92 valence electrons. The van der Waals surface area contributed by atoms with Gasteiger partial charge in [0.15, 0.2) is 5.69 Å². The quantitative estimate of drug-likeness (QED) is 0.802. The highest BCUT2D eigenvalue weighted by atomic mass is 16.5. The summed E-state index contributed by atoms with van der Waals surface area (Å²) >= 11 is 0. The van der Waals surface area contributed by atoms with Gasteiger partial charge in [-0.25, -0.2) is 4.79 Å². The van der Waals surface area contributed by atoms with E-state index in [1.54, 1.807) is 13.0 Å². The highest BCUT2D eigenvalue weighted by Crippen LogP contribution is 2.40. The first kappa shape index (κ1) is 11.6. The maximum atomic E-state index is 11.7. The Labute approximate surface area is 98.0 Å². The largest absolute Gasteiger partial charge is 0.480 e. The molecule has 1 aliphatic rings. The Morgan fingerprint density at radius 2 is 2.35 bits per heavy atom. The monoisotopic (exact) mass is 238 g/mol. The average molecular weight is 238 g/mol. The Morgan fingerprint density at radius 3 is 2.88 bits per heavy atom. The number of hydrogen-bond acceptors (Lipinski definition) is 4. The molecule has 0 radical (unpaired) electrons. The second kappa shape index (κ2) is 4.57. The zero-order valence-electron chi connectivity index (χ0n) is 9.47. The molecule has 0 aliphatic heterocycles. The van der Waals surface area contributed by atoms with Gasteiger partial charge in [0.2, 0.25) is 0 Å². The van der Waals surface area contributed by atoms with Crippen LogP contribution >= 0.6 is 0 Å². The lowest BCUT2D eigenvalue weighted by Crippen LogP contribution is -2.40. The molecule has 0 aromatic carbocycles. The number of carbonyl (C=O) groups is 2. The van der Waals surface area contributed by atoms with Crippen LogP contribution < -0.4 is 5.32 Å². The summed E-state index contributed by atoms with van der Waals surface area (Å²) in [5.74, 6) is -0.467. The van der Waals surface area contributed by atoms with Crippen molar-refractivity contribution in [3.8, 4) is 0 Å². The normalized spacial score (nSPS) is 16.5. The van der Waals surface area contributed by atoms with Gasteiger partial charge in [-0.2, -0.15) is 0 Å². The molecule has 1 fully saturated rings. The Kier molecular flexibility index (Phi) is 3.12. The van der Waals surface area contributed by atoms with Crippen LogP contribution in [0.2, 0.25) is 0 Å². The van der Waals surface area contributed by atoms with Crippen LogP contribution in [0.5, 0.6) is 0 Å². The van der Waals surface area contributed by atoms with Crippen molar-refractivity contribution in [2.24, 2.45) is 0 Å². The van der Waals surface area contributed by atoms with E-state index >= 15 is 0 Å². The van der Waals surface area contributed by atoms with Gasteiger partial charge in [0.25, 0.3) is 5.91 Å². The fourth-order valence-corrected chi connectivity index (χ4v) is 1.53. The van der Waals surface area contributed by atoms with Crippen molar-refractivity contribution in [2.45, 2.75) is 38.1 Å². The molecule has 1 saturated carbocycles. The Hall–Kier alpha value is -1.85. The predicted molar refractivity (Wildman–Crippen MR) is 57.7 cm³/mol. The summed E-state index contributed by atoms with van der Waals surface area (Å²) in [7, 11) is 0. The smallest absolute Gasteiger partial charge is 0.326 e. The average Bonchev–Trinajstić information content (AvgIpc) is 3.03. The fraction of sp³-hybridized carbons (Fsp3) is 0.545. The number of aromatic nitrogens is 1. The van der Waals surface area contributed by atoms with Crippen LogP contribution in [0.15, 0.2) is 10.6 Å². The molecule has 6 heteroatoms. The van der Waals surface area contributed by atoms with Crippen LogP contribution in [0.1, 0.15) is 48.4 Å². The summed E-state index contributed by atoms with van der Waals surface area (Å²) in [5.41, 5.74) is 0.145. The highest BCUT2D eigenvalue weighted by Gasteiger charge is 2.29. The molecular formula is C11H14N2O4. The van der Waals surface area contributed by atoms with E-state index in [2.05, 4.69) is 10.5 Å². The van der Waals surface area contributed by atoms with Crippen molar-refractivity contribution in [3.05, 3.63) is 17.5 Å². The summed E-state index contributed by atoms with van der Waals surface area (Å²) in [5, 5.41) is 14.9. The third kappa shape index (κ3) is 2.64. The van der Waals surface area contributed by atoms with Gasteiger partial charge in [-0.1, -0.05) is 12.1 Å². The molecule has 0 bridgehead atoms. The Morgan fingerprint density at radius 1 is 1.65 bits per heavy atom. The molecule has 1 unspecified atom stereocenters. The molecule has 1 heterocycles. The summed E-state index contributed by atoms with van der Waals surface area (Å²) in [6, 6.07) is 0.699. The standard InChI is InChI=1S/C11H14N2O4/c1-2-7(11(15)16)12-10(14)8-5-9(17-13-8)6-3-4-6/h5-7H,2-4H2,1H3,(H,12,14)(H,15,16). The second-order valence-electron chi connectivity index (χ2n) is 4.16. The number of nitrogens with zero attached hydrogens (tertiary/aromatic N) is 1. The van der Waals surface area contributed by atoms with Gasteiger partial charge in [0.1, 0.15) is 11.8 Å². The van der Waals surface area contributed by atoms with Gasteiger partial charge in [-0.15, -0.1) is 0 Å². The Balaban J connectivity index is 2.00. The number of aliphatic carboxylic acids is 1. The highest BCUT2D eigenvalue weighted by molar-refractivity contribution is 5.94. The molecular weight excluding hydrogens is 224 g/mol. The lowest BCUT2D eigenvalue weighted by molar-refractivity contribution is -0.139. The van der Waals surface area contributed by atoms with E-state index in [-0.39, 0.29) is 5.69 Å². The van der Waals surface area contributed by atoms with E-state index in [4.69, 9.17) is 9.63 Å². The molecule has 1 atom stereocenters. The van der Waals surface area contributed by atoms with Crippen molar-refractivity contribution in [3.63, 3.8) is 0 Å². The number of rotatable bonds is 5. The lowest BCUT2D eigenvalue weighted by atomic mass is 10.2. The third-order valence-corrected chi connectivity index (χ3v) is 2.75. The minimum atomic E-state index is -1.05. The van der Waals surface area contributed by atoms with Crippen LogP contribution in [0.4, 0.5) is 0 Å². The van der Waals surface area contributed by atoms with Crippen molar-refractivity contribution in [1.82, 2.24) is 10.5 Å². The summed E-state index contributed by atoms with van der Waals surface area (Å²) < 4.78 is 5.03. The van der Waals surface area contributed by atoms with Crippen LogP contribution in [0.25, 0.3) is 0 Å². The van der Waals surface area contributed by atoms with E-state index in [1.165, 1.54) is 0 Å². The maximum absolute atomic E-state index is 11.7. The summed E-state index contributed by atoms with van der Waals surface area (Å²) in [6.45, 7) is 1.69. The lowest BCUT2D eigenvalue weighted by Gasteiger charge is -2.10. The molecule has 2 N–H and O–H groups in total. The molecule has 1 aliphatic carbocycles. The molecule has 1 amide bonds. The van der Waals surface area contributed by atoms with E-state index in [9.17, 15) is 9.59 Å². The van der Waals surface area contributed by atoms with Gasteiger partial charge in [0.05, 0.1) is 0 Å². The molecule has 1 aromatic heterocycles. The molecule has 17 heavy (non-hydrogen) atoms. The fourth-order valence-electron chi connectivity index (χ4n) is 1.53. The second-order valence-corrected chi connectivity index (χ2v) is 4.16. The maximum Gasteiger partial charge on any atom is 0.326 e. The first-order chi connectivity index (χ1) is 8.11. The topological polar surface area (TPSA) is 92.4 Å². The van der Waals surface area contributed by atoms with Crippen molar-refractivity contribution >= 4 is 11.9 Å². The zero-order valence-corrected chi connectivity index (χ0v) is 9.47. The van der Waals surface area contributed by atoms with Crippen molar-refractivity contribution in [2.75, 3.05) is 0 Å². The molecule has 6 nitrogen and oxygen atoms in total. The summed E-state index contributed by atoms with van der Waals surface area (Å²) in [6.07, 6.45) is 2.44. The van der Waals surface area contributed by atoms with E-state index in [0.717, 1.165) is 12.8 Å². The first-order valence-electron chi connectivity index (χ1n) is 5.62. The number of carbonyl (C=O) groups excluding carboxylic acids is 1. The number of amides is 1. The van der Waals surface area contributed by atoms with Gasteiger partial charge >= 0.3 is 5.97 Å². The van der Waals surface area contributed by atoms with E-state index in [1.807, 2.05) is 0 Å². The van der Waals surface area contributed by atoms with Gasteiger partial charge in [-0.3, -0.25) is 4.79 Å². The predicted octanol–water partition coefficient (Wildman–Crippen LogP) is 1.15. The Bertz CT molecular complexity index is 436.